The number of carbonyl (C=O) groups excluding carboxylic acids is 1. The second-order valence-electron chi connectivity index (χ2n) is 4.61. The SMILES string of the molecule is CNC(=O)C1CCCN1c1nc2sccn2c1CN. The average Bonchev–Trinajstić information content (AvgIpc) is 3.10. The molecule has 1 atom stereocenters. The van der Waals surface area contributed by atoms with Gasteiger partial charge in [0.05, 0.1) is 5.69 Å². The number of nitrogens with one attached hydrogen (secondary N) is 1. The highest BCUT2D eigenvalue weighted by molar-refractivity contribution is 7.15. The number of rotatable bonds is 3. The highest BCUT2D eigenvalue weighted by Gasteiger charge is 2.33. The maximum Gasteiger partial charge on any atom is 0.242 e. The van der Waals surface area contributed by atoms with E-state index in [1.165, 1.54) is 0 Å². The van der Waals surface area contributed by atoms with Gasteiger partial charge in [-0.3, -0.25) is 9.20 Å². The lowest BCUT2D eigenvalue weighted by molar-refractivity contribution is -0.121. The summed E-state index contributed by atoms with van der Waals surface area (Å²) in [5.74, 6) is 0.914. The van der Waals surface area contributed by atoms with Gasteiger partial charge in [0.15, 0.2) is 10.8 Å². The standard InChI is InChI=1S/C12H17N5OS/c1-14-11(18)8-3-2-4-16(8)10-9(7-13)17-5-6-19-12(17)15-10/h5-6,8H,2-4,7,13H2,1H3,(H,14,18). The van der Waals surface area contributed by atoms with Gasteiger partial charge in [-0.05, 0) is 12.8 Å². The minimum Gasteiger partial charge on any atom is -0.357 e. The molecule has 6 nitrogen and oxygen atoms in total. The van der Waals surface area contributed by atoms with Crippen molar-refractivity contribution in [2.75, 3.05) is 18.5 Å². The van der Waals surface area contributed by atoms with E-state index in [0.717, 1.165) is 35.9 Å². The molecule has 0 bridgehead atoms. The van der Waals surface area contributed by atoms with Crippen LogP contribution in [0.25, 0.3) is 4.96 Å². The Morgan fingerprint density at radius 2 is 2.53 bits per heavy atom. The molecule has 0 saturated carbocycles. The molecule has 3 N–H and O–H groups in total. The molecule has 3 rings (SSSR count). The zero-order valence-electron chi connectivity index (χ0n) is 10.8. The summed E-state index contributed by atoms with van der Waals surface area (Å²) < 4.78 is 2.01. The number of hydrogen-bond acceptors (Lipinski definition) is 5. The number of imidazole rings is 1. The number of likely N-dealkylation sites (N-methyl/N-ethyl adjacent to an activating group) is 1. The van der Waals surface area contributed by atoms with E-state index in [2.05, 4.69) is 15.2 Å². The molecule has 1 unspecified atom stereocenters. The zero-order chi connectivity index (χ0) is 13.4. The van der Waals surface area contributed by atoms with E-state index in [9.17, 15) is 4.79 Å². The molecule has 1 amide bonds. The first-order valence-corrected chi connectivity index (χ1v) is 7.27. The summed E-state index contributed by atoms with van der Waals surface area (Å²) in [5.41, 5.74) is 6.84. The molecule has 19 heavy (non-hydrogen) atoms. The van der Waals surface area contributed by atoms with Crippen molar-refractivity contribution in [3.05, 3.63) is 17.3 Å². The van der Waals surface area contributed by atoms with Crippen LogP contribution in [0.4, 0.5) is 5.82 Å². The fourth-order valence-electron chi connectivity index (χ4n) is 2.70. The van der Waals surface area contributed by atoms with Crippen LogP contribution >= 0.6 is 11.3 Å². The molecule has 1 fully saturated rings. The molecule has 7 heteroatoms. The Hall–Kier alpha value is -1.60. The highest BCUT2D eigenvalue weighted by atomic mass is 32.1. The summed E-state index contributed by atoms with van der Waals surface area (Å²) in [6.45, 7) is 1.28. The molecule has 0 aromatic carbocycles. The van der Waals surface area contributed by atoms with Crippen LogP contribution in [0.5, 0.6) is 0 Å². The van der Waals surface area contributed by atoms with Crippen LogP contribution in [0.15, 0.2) is 11.6 Å². The van der Waals surface area contributed by atoms with Crippen LogP contribution in [0.3, 0.4) is 0 Å². The van der Waals surface area contributed by atoms with Crippen LogP contribution < -0.4 is 16.0 Å². The third kappa shape index (κ3) is 1.89. The van der Waals surface area contributed by atoms with Crippen molar-refractivity contribution in [1.82, 2.24) is 14.7 Å². The first kappa shape index (κ1) is 12.4. The number of amides is 1. The Kier molecular flexibility index (Phi) is 3.16. The van der Waals surface area contributed by atoms with Crippen molar-refractivity contribution in [3.63, 3.8) is 0 Å². The second-order valence-corrected chi connectivity index (χ2v) is 5.48. The van der Waals surface area contributed by atoms with E-state index in [1.54, 1.807) is 18.4 Å². The molecule has 0 aliphatic carbocycles. The van der Waals surface area contributed by atoms with E-state index in [1.807, 2.05) is 16.0 Å². The van der Waals surface area contributed by atoms with Gasteiger partial charge in [-0.25, -0.2) is 4.98 Å². The summed E-state index contributed by atoms with van der Waals surface area (Å²) in [5, 5.41) is 4.72. The van der Waals surface area contributed by atoms with Gasteiger partial charge in [-0.2, -0.15) is 0 Å². The molecule has 3 heterocycles. The quantitative estimate of drug-likeness (QED) is 0.861. The van der Waals surface area contributed by atoms with Gasteiger partial charge in [-0.1, -0.05) is 0 Å². The van der Waals surface area contributed by atoms with Crippen molar-refractivity contribution >= 4 is 28.0 Å². The zero-order valence-corrected chi connectivity index (χ0v) is 11.6. The predicted octanol–water partition coefficient (Wildman–Crippen LogP) is 0.569. The van der Waals surface area contributed by atoms with Gasteiger partial charge in [0, 0.05) is 31.7 Å². The fourth-order valence-corrected chi connectivity index (χ4v) is 3.43. The number of hydrogen-bond donors (Lipinski definition) is 2. The van der Waals surface area contributed by atoms with Crippen molar-refractivity contribution in [1.29, 1.82) is 0 Å². The Morgan fingerprint density at radius 1 is 1.68 bits per heavy atom. The van der Waals surface area contributed by atoms with Gasteiger partial charge in [0.25, 0.3) is 0 Å². The maximum absolute atomic E-state index is 11.9. The lowest BCUT2D eigenvalue weighted by atomic mass is 10.2. The average molecular weight is 279 g/mol. The van der Waals surface area contributed by atoms with Gasteiger partial charge in [0.1, 0.15) is 6.04 Å². The summed E-state index contributed by atoms with van der Waals surface area (Å²) in [4.78, 5) is 19.6. The predicted molar refractivity (Wildman–Crippen MR) is 75.4 cm³/mol. The molecule has 1 saturated heterocycles. The monoisotopic (exact) mass is 279 g/mol. The van der Waals surface area contributed by atoms with Crippen molar-refractivity contribution < 1.29 is 4.79 Å². The number of thiazole rings is 1. The number of nitrogens with zero attached hydrogens (tertiary/aromatic N) is 3. The summed E-state index contributed by atoms with van der Waals surface area (Å²) >= 11 is 1.58. The van der Waals surface area contributed by atoms with Crippen LogP contribution in [-0.4, -0.2) is 34.9 Å². The number of aromatic nitrogens is 2. The van der Waals surface area contributed by atoms with E-state index in [0.29, 0.717) is 6.54 Å². The minimum absolute atomic E-state index is 0.0526. The highest BCUT2D eigenvalue weighted by Crippen LogP contribution is 2.30. The van der Waals surface area contributed by atoms with Crippen molar-refractivity contribution in [2.45, 2.75) is 25.4 Å². The molecule has 2 aromatic rings. The van der Waals surface area contributed by atoms with Gasteiger partial charge in [-0.15, -0.1) is 11.3 Å². The van der Waals surface area contributed by atoms with E-state index >= 15 is 0 Å². The van der Waals surface area contributed by atoms with Crippen LogP contribution in [0.2, 0.25) is 0 Å². The third-order valence-electron chi connectivity index (χ3n) is 3.61. The number of anilines is 1. The van der Waals surface area contributed by atoms with E-state index in [4.69, 9.17) is 5.73 Å². The summed E-state index contributed by atoms with van der Waals surface area (Å²) in [7, 11) is 1.68. The normalized spacial score (nSPS) is 19.3. The Morgan fingerprint density at radius 3 is 3.26 bits per heavy atom. The van der Waals surface area contributed by atoms with Gasteiger partial charge in [0.2, 0.25) is 5.91 Å². The summed E-state index contributed by atoms with van der Waals surface area (Å²) in [6, 6.07) is -0.125. The van der Waals surface area contributed by atoms with E-state index < -0.39 is 0 Å². The number of nitrogens with two attached hydrogens (primary N) is 1. The molecular weight excluding hydrogens is 262 g/mol. The smallest absolute Gasteiger partial charge is 0.242 e. The number of carbonyl (C=O) groups is 1. The largest absolute Gasteiger partial charge is 0.357 e. The van der Waals surface area contributed by atoms with Crippen LogP contribution in [0.1, 0.15) is 18.5 Å². The minimum atomic E-state index is -0.125. The van der Waals surface area contributed by atoms with Gasteiger partial charge >= 0.3 is 0 Å². The van der Waals surface area contributed by atoms with Gasteiger partial charge < -0.3 is 16.0 Å². The Labute approximate surface area is 115 Å². The fraction of sp³-hybridized carbons (Fsp3) is 0.500. The molecule has 0 radical (unpaired) electrons. The Balaban J connectivity index is 2.03. The van der Waals surface area contributed by atoms with Crippen LogP contribution in [0, 0.1) is 0 Å². The first-order chi connectivity index (χ1) is 9.26. The second kappa shape index (κ2) is 4.82. The lowest BCUT2D eigenvalue weighted by Crippen LogP contribution is -2.42. The topological polar surface area (TPSA) is 75.7 Å². The molecule has 2 aromatic heterocycles. The van der Waals surface area contributed by atoms with Crippen LogP contribution in [-0.2, 0) is 11.3 Å². The lowest BCUT2D eigenvalue weighted by Gasteiger charge is -2.24. The first-order valence-electron chi connectivity index (χ1n) is 6.39. The molecule has 0 spiro atoms. The van der Waals surface area contributed by atoms with Crippen molar-refractivity contribution in [2.24, 2.45) is 5.73 Å². The maximum atomic E-state index is 11.9. The van der Waals surface area contributed by atoms with E-state index in [-0.39, 0.29) is 11.9 Å². The molecule has 1 aliphatic rings. The Bertz CT molecular complexity index is 604. The molecule has 102 valence electrons. The molecule has 1 aliphatic heterocycles. The molecular formula is C12H17N5OS. The third-order valence-corrected chi connectivity index (χ3v) is 4.36. The number of fused-ring (bicyclic) bond motifs is 1. The van der Waals surface area contributed by atoms with Crippen molar-refractivity contribution in [3.8, 4) is 0 Å². The summed E-state index contributed by atoms with van der Waals surface area (Å²) in [6.07, 6.45) is 3.85.